The van der Waals surface area contributed by atoms with Crippen LogP contribution in [0.15, 0.2) is 0 Å². The third-order valence-corrected chi connectivity index (χ3v) is 2.06. The van der Waals surface area contributed by atoms with Gasteiger partial charge in [-0.05, 0) is 0 Å². The highest BCUT2D eigenvalue weighted by molar-refractivity contribution is 5.74. The number of hydrogen-bond donors (Lipinski definition) is 1. The lowest BCUT2D eigenvalue weighted by molar-refractivity contribution is 0.0417. The molecule has 1 saturated heterocycles. The molecule has 0 unspecified atom stereocenters. The molecule has 6 heteroatoms. The SMILES string of the molecule is COCCOCNC(=O)N1CCOCC1. The van der Waals surface area contributed by atoms with Crippen LogP contribution in [0.5, 0.6) is 0 Å². The second kappa shape index (κ2) is 7.44. The monoisotopic (exact) mass is 218 g/mol. The molecule has 0 spiro atoms. The van der Waals surface area contributed by atoms with E-state index in [-0.39, 0.29) is 12.8 Å². The van der Waals surface area contributed by atoms with E-state index in [1.54, 1.807) is 12.0 Å². The van der Waals surface area contributed by atoms with Crippen LogP contribution in [0.1, 0.15) is 0 Å². The van der Waals surface area contributed by atoms with E-state index in [0.29, 0.717) is 39.5 Å². The molecule has 2 amide bonds. The molecule has 0 aromatic carbocycles. The van der Waals surface area contributed by atoms with Gasteiger partial charge >= 0.3 is 6.03 Å². The third kappa shape index (κ3) is 4.96. The van der Waals surface area contributed by atoms with Crippen molar-refractivity contribution in [2.45, 2.75) is 0 Å². The fourth-order valence-electron chi connectivity index (χ4n) is 1.21. The molecule has 1 aliphatic heterocycles. The van der Waals surface area contributed by atoms with E-state index in [4.69, 9.17) is 14.2 Å². The third-order valence-electron chi connectivity index (χ3n) is 2.06. The van der Waals surface area contributed by atoms with Crippen molar-refractivity contribution < 1.29 is 19.0 Å². The summed E-state index contributed by atoms with van der Waals surface area (Å²) in [5.74, 6) is 0. The van der Waals surface area contributed by atoms with Crippen LogP contribution in [-0.4, -0.2) is 64.3 Å². The van der Waals surface area contributed by atoms with Gasteiger partial charge in [0.15, 0.2) is 0 Å². The molecule has 0 atom stereocenters. The Morgan fingerprint density at radius 3 is 2.80 bits per heavy atom. The van der Waals surface area contributed by atoms with Crippen molar-refractivity contribution >= 4 is 6.03 Å². The van der Waals surface area contributed by atoms with Crippen LogP contribution >= 0.6 is 0 Å². The lowest BCUT2D eigenvalue weighted by Gasteiger charge is -2.26. The minimum absolute atomic E-state index is 0.101. The Morgan fingerprint density at radius 2 is 2.13 bits per heavy atom. The van der Waals surface area contributed by atoms with Crippen molar-refractivity contribution in [3.63, 3.8) is 0 Å². The molecule has 0 aromatic rings. The smallest absolute Gasteiger partial charge is 0.319 e. The lowest BCUT2D eigenvalue weighted by atomic mass is 10.4. The molecule has 15 heavy (non-hydrogen) atoms. The number of ether oxygens (including phenoxy) is 3. The summed E-state index contributed by atoms with van der Waals surface area (Å²) in [6, 6.07) is -0.101. The maximum absolute atomic E-state index is 11.5. The number of amides is 2. The van der Waals surface area contributed by atoms with E-state index in [1.165, 1.54) is 0 Å². The van der Waals surface area contributed by atoms with Gasteiger partial charge < -0.3 is 24.4 Å². The number of carbonyl (C=O) groups is 1. The summed E-state index contributed by atoms with van der Waals surface area (Å²) in [6.45, 7) is 3.75. The predicted molar refractivity (Wildman–Crippen MR) is 53.6 cm³/mol. The van der Waals surface area contributed by atoms with E-state index in [9.17, 15) is 4.79 Å². The molecule has 1 fully saturated rings. The average Bonchev–Trinajstić information content (AvgIpc) is 2.30. The first kappa shape index (κ1) is 12.2. The Labute approximate surface area is 89.5 Å². The Hall–Kier alpha value is -0.850. The number of nitrogens with one attached hydrogen (secondary N) is 1. The Kier molecular flexibility index (Phi) is 6.06. The maximum atomic E-state index is 11.5. The van der Waals surface area contributed by atoms with Crippen LogP contribution in [0.3, 0.4) is 0 Å². The Morgan fingerprint density at radius 1 is 1.40 bits per heavy atom. The van der Waals surface area contributed by atoms with Crippen molar-refractivity contribution in [1.29, 1.82) is 0 Å². The van der Waals surface area contributed by atoms with Gasteiger partial charge in [-0.3, -0.25) is 0 Å². The van der Waals surface area contributed by atoms with E-state index in [1.807, 2.05) is 0 Å². The second-order valence-electron chi connectivity index (χ2n) is 3.13. The van der Waals surface area contributed by atoms with Crippen LogP contribution in [-0.2, 0) is 14.2 Å². The van der Waals surface area contributed by atoms with Crippen LogP contribution in [0.2, 0.25) is 0 Å². The largest absolute Gasteiger partial charge is 0.382 e. The topological polar surface area (TPSA) is 60.0 Å². The van der Waals surface area contributed by atoms with Gasteiger partial charge in [0, 0.05) is 20.2 Å². The van der Waals surface area contributed by atoms with Crippen LogP contribution < -0.4 is 5.32 Å². The molecule has 1 heterocycles. The van der Waals surface area contributed by atoms with Crippen molar-refractivity contribution in [3.8, 4) is 0 Å². The number of hydrogen-bond acceptors (Lipinski definition) is 4. The summed E-state index contributed by atoms with van der Waals surface area (Å²) in [4.78, 5) is 13.2. The maximum Gasteiger partial charge on any atom is 0.319 e. The molecule has 0 saturated carbocycles. The van der Waals surface area contributed by atoms with E-state index < -0.39 is 0 Å². The Bertz CT molecular complexity index is 183. The number of morpholine rings is 1. The predicted octanol–water partition coefficient (Wildman–Crippen LogP) is -0.351. The molecule has 88 valence electrons. The zero-order valence-electron chi connectivity index (χ0n) is 9.03. The van der Waals surface area contributed by atoms with Crippen molar-refractivity contribution in [2.75, 3.05) is 53.4 Å². The highest BCUT2D eigenvalue weighted by Crippen LogP contribution is 1.96. The number of rotatable bonds is 5. The minimum Gasteiger partial charge on any atom is -0.382 e. The van der Waals surface area contributed by atoms with E-state index in [2.05, 4.69) is 5.32 Å². The molecular formula is C9H18N2O4. The van der Waals surface area contributed by atoms with Gasteiger partial charge in [0.2, 0.25) is 0 Å². The summed E-state index contributed by atoms with van der Waals surface area (Å²) >= 11 is 0. The number of urea groups is 1. The molecule has 0 bridgehead atoms. The first-order valence-corrected chi connectivity index (χ1v) is 5.02. The van der Waals surface area contributed by atoms with Gasteiger partial charge in [0.1, 0.15) is 6.73 Å². The van der Waals surface area contributed by atoms with Crippen LogP contribution in [0, 0.1) is 0 Å². The van der Waals surface area contributed by atoms with Gasteiger partial charge in [-0.15, -0.1) is 0 Å². The van der Waals surface area contributed by atoms with Crippen molar-refractivity contribution in [3.05, 3.63) is 0 Å². The molecule has 1 aliphatic rings. The van der Waals surface area contributed by atoms with E-state index in [0.717, 1.165) is 0 Å². The molecule has 1 N–H and O–H groups in total. The lowest BCUT2D eigenvalue weighted by Crippen LogP contribution is -2.46. The quantitative estimate of drug-likeness (QED) is 0.506. The zero-order chi connectivity index (χ0) is 10.9. The number of carbonyl (C=O) groups excluding carboxylic acids is 1. The second-order valence-corrected chi connectivity index (χ2v) is 3.13. The fourth-order valence-corrected chi connectivity index (χ4v) is 1.21. The molecule has 0 aromatic heterocycles. The molecular weight excluding hydrogens is 200 g/mol. The van der Waals surface area contributed by atoms with Gasteiger partial charge in [0.25, 0.3) is 0 Å². The summed E-state index contributed by atoms with van der Waals surface area (Å²) in [7, 11) is 1.61. The Balaban J connectivity index is 2.02. The number of nitrogens with zero attached hydrogens (tertiary/aromatic N) is 1. The highest BCUT2D eigenvalue weighted by atomic mass is 16.5. The molecule has 6 nitrogen and oxygen atoms in total. The van der Waals surface area contributed by atoms with Crippen molar-refractivity contribution in [2.24, 2.45) is 0 Å². The van der Waals surface area contributed by atoms with Crippen LogP contribution in [0.4, 0.5) is 4.79 Å². The van der Waals surface area contributed by atoms with Gasteiger partial charge in [0.05, 0.1) is 26.4 Å². The molecule has 1 rings (SSSR count). The van der Waals surface area contributed by atoms with E-state index >= 15 is 0 Å². The van der Waals surface area contributed by atoms with Gasteiger partial charge in [-0.2, -0.15) is 0 Å². The molecule has 0 radical (unpaired) electrons. The highest BCUT2D eigenvalue weighted by Gasteiger charge is 2.15. The first-order valence-electron chi connectivity index (χ1n) is 5.02. The summed E-state index contributed by atoms with van der Waals surface area (Å²) in [5.41, 5.74) is 0. The number of methoxy groups -OCH3 is 1. The summed E-state index contributed by atoms with van der Waals surface area (Å²) < 4.78 is 15.1. The van der Waals surface area contributed by atoms with Crippen molar-refractivity contribution in [1.82, 2.24) is 10.2 Å². The normalized spacial score (nSPS) is 16.5. The first-order chi connectivity index (χ1) is 7.34. The minimum atomic E-state index is -0.101. The zero-order valence-corrected chi connectivity index (χ0v) is 9.03. The van der Waals surface area contributed by atoms with Crippen LogP contribution in [0.25, 0.3) is 0 Å². The van der Waals surface area contributed by atoms with Gasteiger partial charge in [-0.1, -0.05) is 0 Å². The summed E-state index contributed by atoms with van der Waals surface area (Å²) in [6.07, 6.45) is 0. The summed E-state index contributed by atoms with van der Waals surface area (Å²) in [5, 5.41) is 2.66. The fraction of sp³-hybridized carbons (Fsp3) is 0.889. The molecule has 0 aliphatic carbocycles. The average molecular weight is 218 g/mol. The standard InChI is InChI=1S/C9H18N2O4/c1-13-6-7-15-8-10-9(12)11-2-4-14-5-3-11/h2-8H2,1H3,(H,10,12). The van der Waals surface area contributed by atoms with Gasteiger partial charge in [-0.25, -0.2) is 4.79 Å².